The summed E-state index contributed by atoms with van der Waals surface area (Å²) in [5.41, 5.74) is -0.419. The van der Waals surface area contributed by atoms with Gasteiger partial charge in [0.2, 0.25) is 11.8 Å². The van der Waals surface area contributed by atoms with Gasteiger partial charge in [0.1, 0.15) is 0 Å². The molecule has 96 valence electrons. The first kappa shape index (κ1) is 12.6. The van der Waals surface area contributed by atoms with Crippen LogP contribution < -0.4 is 0 Å². The van der Waals surface area contributed by atoms with E-state index in [1.54, 1.807) is 0 Å². The van der Waals surface area contributed by atoms with Crippen LogP contribution in [0.4, 0.5) is 0 Å². The summed E-state index contributed by atoms with van der Waals surface area (Å²) in [6, 6.07) is -0.323. The fraction of sp³-hybridized carbons (Fsp3) is 0.846. The number of likely N-dealkylation sites (tertiary alicyclic amines) is 1. The van der Waals surface area contributed by atoms with Gasteiger partial charge in [-0.2, -0.15) is 0 Å². The first-order valence-corrected chi connectivity index (χ1v) is 6.62. The molecule has 0 unspecified atom stereocenters. The minimum atomic E-state index is -0.419. The monoisotopic (exact) mass is 239 g/mol. The Hall–Kier alpha value is -0.900. The fourth-order valence-electron chi connectivity index (χ4n) is 3.20. The molecule has 2 aliphatic rings. The smallest absolute Gasteiger partial charge is 0.236 e. The second-order valence-corrected chi connectivity index (χ2v) is 5.33. The topological polar surface area (TPSA) is 57.6 Å². The second kappa shape index (κ2) is 4.77. The number of imide groups is 1. The zero-order chi connectivity index (χ0) is 12.5. The molecule has 0 aromatic carbocycles. The van der Waals surface area contributed by atoms with Crippen LogP contribution in [0.1, 0.15) is 51.9 Å². The van der Waals surface area contributed by atoms with Gasteiger partial charge in [-0.1, -0.05) is 26.2 Å². The van der Waals surface area contributed by atoms with Gasteiger partial charge in [-0.15, -0.1) is 0 Å². The van der Waals surface area contributed by atoms with Crippen LogP contribution in [0.3, 0.4) is 0 Å². The molecule has 1 saturated heterocycles. The normalized spacial score (nSPS) is 25.6. The molecule has 1 saturated carbocycles. The van der Waals surface area contributed by atoms with E-state index >= 15 is 0 Å². The SMILES string of the molecule is CC[C@H](CO)N1C(=O)CC2(CCCCC2)C1=O. The third kappa shape index (κ3) is 1.99. The Morgan fingerprint density at radius 1 is 1.29 bits per heavy atom. The summed E-state index contributed by atoms with van der Waals surface area (Å²) in [5, 5.41) is 9.26. The van der Waals surface area contributed by atoms with Crippen LogP contribution in [0.5, 0.6) is 0 Å². The first-order chi connectivity index (χ1) is 8.14. The molecule has 0 aromatic rings. The zero-order valence-electron chi connectivity index (χ0n) is 10.4. The lowest BCUT2D eigenvalue weighted by atomic mass is 9.73. The number of aliphatic hydroxyl groups excluding tert-OH is 1. The molecule has 1 aliphatic heterocycles. The Kier molecular flexibility index (Phi) is 3.52. The van der Waals surface area contributed by atoms with Crippen molar-refractivity contribution in [2.24, 2.45) is 5.41 Å². The lowest BCUT2D eigenvalue weighted by Gasteiger charge is -2.32. The Morgan fingerprint density at radius 2 is 1.94 bits per heavy atom. The van der Waals surface area contributed by atoms with Crippen molar-refractivity contribution in [1.29, 1.82) is 0 Å². The number of hydrogen-bond acceptors (Lipinski definition) is 3. The third-order valence-corrected chi connectivity index (χ3v) is 4.29. The van der Waals surface area contributed by atoms with Gasteiger partial charge in [0.15, 0.2) is 0 Å². The van der Waals surface area contributed by atoms with Crippen LogP contribution >= 0.6 is 0 Å². The summed E-state index contributed by atoms with van der Waals surface area (Å²) >= 11 is 0. The summed E-state index contributed by atoms with van der Waals surface area (Å²) in [4.78, 5) is 25.8. The Balaban J connectivity index is 2.20. The van der Waals surface area contributed by atoms with Crippen molar-refractivity contribution in [3.05, 3.63) is 0 Å². The van der Waals surface area contributed by atoms with Crippen LogP contribution in [-0.4, -0.2) is 34.5 Å². The van der Waals surface area contributed by atoms with Crippen molar-refractivity contribution in [2.45, 2.75) is 57.9 Å². The summed E-state index contributed by atoms with van der Waals surface area (Å²) < 4.78 is 0. The molecule has 0 bridgehead atoms. The van der Waals surface area contributed by atoms with Gasteiger partial charge in [0, 0.05) is 6.42 Å². The van der Waals surface area contributed by atoms with Crippen molar-refractivity contribution < 1.29 is 14.7 Å². The molecule has 2 amide bonds. The summed E-state index contributed by atoms with van der Waals surface area (Å²) in [6.45, 7) is 1.78. The van der Waals surface area contributed by atoms with Crippen molar-refractivity contribution in [1.82, 2.24) is 4.90 Å². The molecule has 17 heavy (non-hydrogen) atoms. The largest absolute Gasteiger partial charge is 0.394 e. The number of hydrogen-bond donors (Lipinski definition) is 1. The van der Waals surface area contributed by atoms with Gasteiger partial charge >= 0.3 is 0 Å². The lowest BCUT2D eigenvalue weighted by Crippen LogP contribution is -2.44. The molecule has 1 N–H and O–H groups in total. The quantitative estimate of drug-likeness (QED) is 0.759. The van der Waals surface area contributed by atoms with E-state index in [-0.39, 0.29) is 24.5 Å². The van der Waals surface area contributed by atoms with E-state index in [4.69, 9.17) is 0 Å². The van der Waals surface area contributed by atoms with E-state index in [0.717, 1.165) is 25.7 Å². The van der Waals surface area contributed by atoms with Crippen molar-refractivity contribution in [3.8, 4) is 0 Å². The number of carbonyl (C=O) groups is 2. The van der Waals surface area contributed by atoms with Crippen molar-refractivity contribution in [2.75, 3.05) is 6.61 Å². The van der Waals surface area contributed by atoms with Crippen LogP contribution in [0.15, 0.2) is 0 Å². The van der Waals surface area contributed by atoms with Gasteiger partial charge in [-0.3, -0.25) is 14.5 Å². The number of amides is 2. The van der Waals surface area contributed by atoms with Crippen molar-refractivity contribution in [3.63, 3.8) is 0 Å². The predicted octanol–water partition coefficient (Wildman–Crippen LogP) is 1.47. The highest BCUT2D eigenvalue weighted by atomic mass is 16.3. The third-order valence-electron chi connectivity index (χ3n) is 4.29. The van der Waals surface area contributed by atoms with Gasteiger partial charge in [0.25, 0.3) is 0 Å². The maximum absolute atomic E-state index is 12.4. The standard InChI is InChI=1S/C13H21NO3/c1-2-10(9-15)14-11(16)8-13(12(14)17)6-4-3-5-7-13/h10,15H,2-9H2,1H3/t10-/m1/s1. The highest BCUT2D eigenvalue weighted by Gasteiger charge is 2.52. The molecule has 4 heteroatoms. The first-order valence-electron chi connectivity index (χ1n) is 6.62. The van der Waals surface area contributed by atoms with Gasteiger partial charge in [-0.05, 0) is 19.3 Å². The average molecular weight is 239 g/mol. The molecular weight excluding hydrogens is 218 g/mol. The molecule has 0 aromatic heterocycles. The van der Waals surface area contributed by atoms with E-state index in [1.165, 1.54) is 11.3 Å². The Labute approximate surface area is 102 Å². The minimum absolute atomic E-state index is 0.0249. The Bertz CT molecular complexity index is 317. The summed E-state index contributed by atoms with van der Waals surface area (Å²) in [7, 11) is 0. The number of aliphatic hydroxyl groups is 1. The molecule has 4 nitrogen and oxygen atoms in total. The highest BCUT2D eigenvalue weighted by molar-refractivity contribution is 6.06. The zero-order valence-corrected chi connectivity index (χ0v) is 10.4. The van der Waals surface area contributed by atoms with E-state index < -0.39 is 5.41 Å². The maximum atomic E-state index is 12.4. The molecule has 2 rings (SSSR count). The van der Waals surface area contributed by atoms with Crippen LogP contribution in [-0.2, 0) is 9.59 Å². The number of rotatable bonds is 3. The van der Waals surface area contributed by atoms with E-state index in [9.17, 15) is 14.7 Å². The predicted molar refractivity (Wildman–Crippen MR) is 63.2 cm³/mol. The summed E-state index contributed by atoms with van der Waals surface area (Å²) in [5.74, 6) is -0.110. The minimum Gasteiger partial charge on any atom is -0.394 e. The number of nitrogens with zero attached hydrogens (tertiary/aromatic N) is 1. The van der Waals surface area contributed by atoms with Gasteiger partial charge < -0.3 is 5.11 Å². The van der Waals surface area contributed by atoms with Crippen LogP contribution in [0.2, 0.25) is 0 Å². The number of carbonyl (C=O) groups excluding carboxylic acids is 2. The molecule has 0 radical (unpaired) electrons. The van der Waals surface area contributed by atoms with Crippen LogP contribution in [0, 0.1) is 5.41 Å². The van der Waals surface area contributed by atoms with E-state index in [1.807, 2.05) is 6.92 Å². The molecule has 1 spiro atoms. The summed E-state index contributed by atoms with van der Waals surface area (Å²) in [6.07, 6.45) is 5.93. The lowest BCUT2D eigenvalue weighted by molar-refractivity contribution is -0.146. The van der Waals surface area contributed by atoms with E-state index in [0.29, 0.717) is 12.8 Å². The average Bonchev–Trinajstić information content (AvgIpc) is 2.56. The molecule has 1 aliphatic carbocycles. The molecule has 1 atom stereocenters. The second-order valence-electron chi connectivity index (χ2n) is 5.33. The maximum Gasteiger partial charge on any atom is 0.236 e. The van der Waals surface area contributed by atoms with Crippen molar-refractivity contribution >= 4 is 11.8 Å². The van der Waals surface area contributed by atoms with Gasteiger partial charge in [0.05, 0.1) is 18.1 Å². The molecule has 1 heterocycles. The van der Waals surface area contributed by atoms with E-state index in [2.05, 4.69) is 0 Å². The fourth-order valence-corrected chi connectivity index (χ4v) is 3.20. The Morgan fingerprint density at radius 3 is 2.47 bits per heavy atom. The molecule has 2 fully saturated rings. The highest BCUT2D eigenvalue weighted by Crippen LogP contribution is 2.45. The van der Waals surface area contributed by atoms with Crippen LogP contribution in [0.25, 0.3) is 0 Å². The van der Waals surface area contributed by atoms with Gasteiger partial charge in [-0.25, -0.2) is 0 Å². The molecular formula is C13H21NO3.